The molecule has 113 heavy (non-hydrogen) atoms. The second kappa shape index (κ2) is 34.7. The van der Waals surface area contributed by atoms with Gasteiger partial charge in [0, 0.05) is 106 Å². The maximum atomic E-state index is 2.34. The zero-order valence-corrected chi connectivity index (χ0v) is 63.6. The minimum absolute atomic E-state index is 1.12. The number of hydrogen-bond acceptors (Lipinski definition) is 6. The van der Waals surface area contributed by atoms with Crippen molar-refractivity contribution in [3.05, 3.63) is 467 Å². The second-order valence-corrected chi connectivity index (χ2v) is 27.9. The van der Waals surface area contributed by atoms with Crippen molar-refractivity contribution in [2.24, 2.45) is 0 Å². The molecule has 18 aromatic rings. The molecule has 544 valence electrons. The number of rotatable bonds is 19. The Labute approximate surface area is 664 Å². The van der Waals surface area contributed by atoms with Gasteiger partial charge in [-0.25, -0.2) is 0 Å². The maximum absolute atomic E-state index is 2.34. The second-order valence-electron chi connectivity index (χ2n) is 27.9. The molecule has 0 aromatic heterocycles. The molecule has 0 aliphatic carbocycles. The maximum Gasteiger partial charge on any atom is 0.0540 e. The van der Waals surface area contributed by atoms with Gasteiger partial charge in [0.05, 0.1) is 5.69 Å². The summed E-state index contributed by atoms with van der Waals surface area (Å²) in [7, 11) is 6.32. The predicted molar refractivity (Wildman–Crippen MR) is 484 cm³/mol. The summed E-state index contributed by atoms with van der Waals surface area (Å²) in [5, 5.41) is 4.95. The van der Waals surface area contributed by atoms with E-state index >= 15 is 0 Å². The average molecular weight is 1460 g/mol. The number of anilines is 15. The number of benzene rings is 18. The van der Waals surface area contributed by atoms with Gasteiger partial charge < -0.3 is 29.4 Å². The zero-order valence-electron chi connectivity index (χ0n) is 63.6. The van der Waals surface area contributed by atoms with Crippen LogP contribution in [0.1, 0.15) is 0 Å². The summed E-state index contributed by atoms with van der Waals surface area (Å²) in [6, 6.07) is 165. The molecule has 0 atom stereocenters. The molecule has 0 fully saturated rings. The molecule has 0 saturated carbocycles. The summed E-state index contributed by atoms with van der Waals surface area (Å²) in [5.41, 5.74) is 26.9. The van der Waals surface area contributed by atoms with E-state index in [4.69, 9.17) is 0 Å². The molecule has 18 aromatic carbocycles. The van der Waals surface area contributed by atoms with E-state index in [2.05, 4.69) is 499 Å². The standard InChI is InChI=1S/C37H30N2.2C35H28N2/c1-38(33-21-17-31(18-22-33)29-11-5-2-6-12-29)34-25-27-37(28-26-34)39(35-15-9-4-10-16-35)36-23-19-32(20-24-36)30-13-7-3-8-14-30;1-36(30-13-4-2-5-14-30)31-23-19-27(20-24-31)28-21-25-33(26-22-28)37(32-15-6-3-7-16-32)35-18-10-12-29-11-8-9-17-34(29)35;1-36(31-12-4-2-5-13-31)32-21-16-28(17-22-32)29-18-23-34(24-19-29)37(33-14-6-3-7-15-33)35-25-20-27-10-8-9-11-30(27)26-35/h2-28H,1H3;2*2-26H,1H3. The molecule has 6 nitrogen and oxygen atoms in total. The number of para-hydroxylation sites is 5. The molecule has 0 heterocycles. The summed E-state index contributed by atoms with van der Waals surface area (Å²) < 4.78 is 0. The average Bonchev–Trinajstić information content (AvgIpc) is 0.781. The summed E-state index contributed by atoms with van der Waals surface area (Å²) >= 11 is 0. The van der Waals surface area contributed by atoms with Crippen molar-refractivity contribution in [2.45, 2.75) is 0 Å². The van der Waals surface area contributed by atoms with Crippen molar-refractivity contribution in [1.82, 2.24) is 0 Å². The largest absolute Gasteiger partial charge is 0.345 e. The fourth-order valence-electron chi connectivity index (χ4n) is 14.7. The van der Waals surface area contributed by atoms with Gasteiger partial charge in [-0.05, 0) is 237 Å². The fraction of sp³-hybridized carbons (Fsp3) is 0.0280. The Kier molecular flexibility index (Phi) is 22.2. The number of fused-ring (bicyclic) bond motifs is 2. The molecule has 0 saturated heterocycles. The van der Waals surface area contributed by atoms with E-state index in [-0.39, 0.29) is 0 Å². The van der Waals surface area contributed by atoms with Gasteiger partial charge in [0.2, 0.25) is 0 Å². The van der Waals surface area contributed by atoms with Gasteiger partial charge in [-0.3, -0.25) is 0 Å². The first-order valence-electron chi connectivity index (χ1n) is 38.5. The Morgan fingerprint density at radius 3 is 0.708 bits per heavy atom. The summed E-state index contributed by atoms with van der Waals surface area (Å²) in [6.07, 6.45) is 0. The van der Waals surface area contributed by atoms with Gasteiger partial charge in [0.1, 0.15) is 0 Å². The van der Waals surface area contributed by atoms with Crippen LogP contribution in [0.25, 0.3) is 66.1 Å². The van der Waals surface area contributed by atoms with E-state index in [0.717, 1.165) is 68.2 Å². The molecule has 0 aliphatic rings. The Morgan fingerprint density at radius 2 is 0.345 bits per heavy atom. The van der Waals surface area contributed by atoms with Crippen LogP contribution in [-0.4, -0.2) is 21.1 Å². The third kappa shape index (κ3) is 16.9. The number of hydrogen-bond donors (Lipinski definition) is 0. The quantitative estimate of drug-likeness (QED) is 0.0798. The van der Waals surface area contributed by atoms with Crippen molar-refractivity contribution in [3.8, 4) is 44.5 Å². The lowest BCUT2D eigenvalue weighted by molar-refractivity contribution is 1.20. The highest BCUT2D eigenvalue weighted by Gasteiger charge is 2.19. The molecule has 0 N–H and O–H groups in total. The van der Waals surface area contributed by atoms with Crippen LogP contribution < -0.4 is 29.4 Å². The highest BCUT2D eigenvalue weighted by molar-refractivity contribution is 5.99. The molecule has 0 spiro atoms. The lowest BCUT2D eigenvalue weighted by Gasteiger charge is -2.27. The molecule has 0 aliphatic heterocycles. The Bertz CT molecular complexity index is 6010. The van der Waals surface area contributed by atoms with Crippen LogP contribution in [-0.2, 0) is 0 Å². The molecule has 0 radical (unpaired) electrons. The monoisotopic (exact) mass is 1450 g/mol. The highest BCUT2D eigenvalue weighted by Crippen LogP contribution is 2.43. The van der Waals surface area contributed by atoms with Crippen molar-refractivity contribution in [3.63, 3.8) is 0 Å². The number of nitrogens with zero attached hydrogens (tertiary/aromatic N) is 6. The van der Waals surface area contributed by atoms with Crippen LogP contribution in [0, 0.1) is 0 Å². The smallest absolute Gasteiger partial charge is 0.0540 e. The van der Waals surface area contributed by atoms with E-state index < -0.39 is 0 Å². The van der Waals surface area contributed by atoms with E-state index in [9.17, 15) is 0 Å². The van der Waals surface area contributed by atoms with Crippen LogP contribution >= 0.6 is 0 Å². The molecule has 0 unspecified atom stereocenters. The first-order valence-corrected chi connectivity index (χ1v) is 38.5. The van der Waals surface area contributed by atoms with Gasteiger partial charge >= 0.3 is 0 Å². The van der Waals surface area contributed by atoms with Crippen LogP contribution in [0.4, 0.5) is 85.3 Å². The van der Waals surface area contributed by atoms with Gasteiger partial charge in [0.15, 0.2) is 0 Å². The third-order valence-corrected chi connectivity index (χ3v) is 20.8. The Morgan fingerprint density at radius 1 is 0.133 bits per heavy atom. The highest BCUT2D eigenvalue weighted by atomic mass is 15.2. The first-order chi connectivity index (χ1) is 55.8. The van der Waals surface area contributed by atoms with Crippen LogP contribution in [0.3, 0.4) is 0 Å². The zero-order chi connectivity index (χ0) is 76.5. The SMILES string of the molecule is CN(c1ccc(-c2ccccc2)cc1)c1ccc(N(c2ccccc2)c2ccc(-c3ccccc3)cc2)cc1.CN(c1ccccc1)c1ccc(-c2ccc(N(c3ccccc3)c3ccc4ccccc4c3)cc2)cc1.CN(c1ccccc1)c1ccc(-c2ccc(N(c3ccccc3)c3cccc4ccccc34)cc2)cc1. The van der Waals surface area contributed by atoms with Crippen LogP contribution in [0.5, 0.6) is 0 Å². The van der Waals surface area contributed by atoms with Crippen LogP contribution in [0.15, 0.2) is 467 Å². The van der Waals surface area contributed by atoms with E-state index in [1.807, 2.05) is 18.2 Å². The van der Waals surface area contributed by atoms with Gasteiger partial charge in [0.25, 0.3) is 0 Å². The Balaban J connectivity index is 0.000000128. The van der Waals surface area contributed by atoms with Gasteiger partial charge in [-0.1, -0.05) is 291 Å². The topological polar surface area (TPSA) is 19.4 Å². The predicted octanol–water partition coefficient (Wildman–Crippen LogP) is 29.7. The fourth-order valence-corrected chi connectivity index (χ4v) is 14.7. The molecule has 0 bridgehead atoms. The third-order valence-electron chi connectivity index (χ3n) is 20.8. The summed E-state index contributed by atoms with van der Waals surface area (Å²) in [6.45, 7) is 0. The van der Waals surface area contributed by atoms with Crippen molar-refractivity contribution < 1.29 is 0 Å². The summed E-state index contributed by atoms with van der Waals surface area (Å²) in [5.74, 6) is 0. The van der Waals surface area contributed by atoms with Crippen molar-refractivity contribution in [1.29, 1.82) is 0 Å². The lowest BCUT2D eigenvalue weighted by atomic mass is 10.0. The Hall–Kier alpha value is -14.7. The van der Waals surface area contributed by atoms with Crippen molar-refractivity contribution in [2.75, 3.05) is 50.5 Å². The van der Waals surface area contributed by atoms with E-state index in [0.29, 0.717) is 0 Å². The molecule has 18 rings (SSSR count). The minimum atomic E-state index is 1.12. The normalized spacial score (nSPS) is 10.8. The van der Waals surface area contributed by atoms with Gasteiger partial charge in [-0.15, -0.1) is 0 Å². The van der Waals surface area contributed by atoms with E-state index in [1.54, 1.807) is 0 Å². The molecule has 6 heteroatoms. The lowest BCUT2D eigenvalue weighted by Crippen LogP contribution is -2.11. The molecule has 0 amide bonds. The first kappa shape index (κ1) is 72.5. The summed E-state index contributed by atoms with van der Waals surface area (Å²) in [4.78, 5) is 13.6. The van der Waals surface area contributed by atoms with Crippen LogP contribution in [0.2, 0.25) is 0 Å². The van der Waals surface area contributed by atoms with Crippen molar-refractivity contribution >= 4 is 107 Å². The minimum Gasteiger partial charge on any atom is -0.345 e. The molecular weight excluding hydrogens is 1370 g/mol. The molecular formula is C107H86N6. The van der Waals surface area contributed by atoms with E-state index in [1.165, 1.54) is 83.1 Å². The van der Waals surface area contributed by atoms with Gasteiger partial charge in [-0.2, -0.15) is 0 Å².